The van der Waals surface area contributed by atoms with Crippen LogP contribution in [0.3, 0.4) is 0 Å². The van der Waals surface area contributed by atoms with Crippen LogP contribution in [-0.4, -0.2) is 35.2 Å². The molecule has 1 heterocycles. The Hall–Kier alpha value is -1.68. The van der Waals surface area contributed by atoms with Crippen molar-refractivity contribution in [2.75, 3.05) is 29.6 Å². The number of quaternary nitrogens is 1. The molecule has 9 N–H and O–H groups in total. The van der Waals surface area contributed by atoms with Crippen LogP contribution in [-0.2, 0) is 9.59 Å². The van der Waals surface area contributed by atoms with Gasteiger partial charge in [0.15, 0.2) is 6.54 Å². The molecule has 0 spiro atoms. The van der Waals surface area contributed by atoms with Gasteiger partial charge in [0.2, 0.25) is 5.12 Å². The lowest BCUT2D eigenvalue weighted by molar-refractivity contribution is -0.575. The Morgan fingerprint density at radius 3 is 2.46 bits per heavy atom. The smallest absolute Gasteiger partial charge is 0.276 e. The van der Waals surface area contributed by atoms with Crippen LogP contribution in [0.25, 0.3) is 0 Å². The van der Waals surface area contributed by atoms with Gasteiger partial charge in [-0.2, -0.15) is 0 Å². The number of thioether (sulfide) groups is 2. The zero-order chi connectivity index (χ0) is 17.8. The van der Waals surface area contributed by atoms with Crippen LogP contribution in [0.1, 0.15) is 6.42 Å². The molecule has 132 valence electrons. The summed E-state index contributed by atoms with van der Waals surface area (Å²) in [5.74, 6) is 1.23. The Kier molecular flexibility index (Phi) is 10.0. The molecule has 1 aliphatic heterocycles. The van der Waals surface area contributed by atoms with Crippen LogP contribution in [0.4, 0.5) is 11.4 Å². The molecule has 1 saturated heterocycles. The van der Waals surface area contributed by atoms with E-state index in [1.165, 1.54) is 23.5 Å². The fourth-order valence-corrected chi connectivity index (χ4v) is 2.98. The van der Waals surface area contributed by atoms with E-state index < -0.39 is 0 Å². The van der Waals surface area contributed by atoms with Gasteiger partial charge in [-0.05, 0) is 30.7 Å². The van der Waals surface area contributed by atoms with Crippen molar-refractivity contribution in [2.24, 2.45) is 5.73 Å². The minimum Gasteiger partial charge on any atom is -0.399 e. The number of nitrogen functional groups attached to an aromatic ring is 2. The molecule has 2 rings (SSSR count). The Labute approximate surface area is 150 Å². The molecule has 1 atom stereocenters. The summed E-state index contributed by atoms with van der Waals surface area (Å²) >= 11 is 2.76. The molecule has 0 radical (unpaired) electrons. The van der Waals surface area contributed by atoms with Crippen LogP contribution in [0, 0.1) is 0 Å². The number of rotatable bonds is 6. The SMILES string of the molecule is NCS/C=C\[NH2+]CC(=O)NC1CCSC1=O.Nc1ccc(N)cc1. The van der Waals surface area contributed by atoms with Crippen molar-refractivity contribution in [3.8, 4) is 0 Å². The normalized spacial score (nSPS) is 16.7. The number of hydrogen-bond donors (Lipinski definition) is 5. The Morgan fingerprint density at radius 2 is 1.96 bits per heavy atom. The van der Waals surface area contributed by atoms with E-state index in [-0.39, 0.29) is 17.1 Å². The minimum absolute atomic E-state index is 0.0718. The summed E-state index contributed by atoms with van der Waals surface area (Å²) < 4.78 is 0. The number of anilines is 2. The monoisotopic (exact) mass is 370 g/mol. The second-order valence-electron chi connectivity index (χ2n) is 4.84. The standard InChI is InChI=1S/C9H15N3O2S2.C6H8N2/c10-6-15-4-2-11-5-8(13)12-7-1-3-16-9(7)14;7-5-1-2-6(8)4-3-5/h2,4,7,11H,1,3,5-6,10H2,(H,12,13);1-4H,7-8H2/p+1/b4-2-;. The maximum atomic E-state index is 11.4. The third-order valence-corrected chi connectivity index (χ3v) is 4.47. The molecule has 0 saturated carbocycles. The van der Waals surface area contributed by atoms with Gasteiger partial charge in [-0.1, -0.05) is 11.8 Å². The van der Waals surface area contributed by atoms with E-state index in [9.17, 15) is 9.59 Å². The molecule has 1 aromatic rings. The number of benzene rings is 1. The van der Waals surface area contributed by atoms with Crippen LogP contribution in [0.2, 0.25) is 0 Å². The highest BCUT2D eigenvalue weighted by molar-refractivity contribution is 8.14. The molecule has 9 heteroatoms. The van der Waals surface area contributed by atoms with E-state index in [4.69, 9.17) is 17.2 Å². The first-order valence-corrected chi connectivity index (χ1v) is 9.43. The van der Waals surface area contributed by atoms with Gasteiger partial charge < -0.3 is 27.8 Å². The predicted octanol–water partition coefficient (Wildman–Crippen LogP) is -0.330. The zero-order valence-corrected chi connectivity index (χ0v) is 14.9. The van der Waals surface area contributed by atoms with Gasteiger partial charge in [-0.3, -0.25) is 9.59 Å². The van der Waals surface area contributed by atoms with Crippen molar-refractivity contribution in [1.29, 1.82) is 0 Å². The van der Waals surface area contributed by atoms with Crippen molar-refractivity contribution in [1.82, 2.24) is 5.32 Å². The molecular weight excluding hydrogens is 346 g/mol. The van der Waals surface area contributed by atoms with Gasteiger partial charge in [0.05, 0.1) is 12.2 Å². The van der Waals surface area contributed by atoms with Crippen molar-refractivity contribution in [3.63, 3.8) is 0 Å². The minimum atomic E-state index is -0.284. The number of nitrogens with two attached hydrogens (primary N) is 4. The first-order valence-electron chi connectivity index (χ1n) is 7.40. The summed E-state index contributed by atoms with van der Waals surface area (Å²) in [5.41, 5.74) is 17.5. The number of nitrogens with one attached hydrogen (secondary N) is 1. The number of carbonyl (C=O) groups excluding carboxylic acids is 2. The van der Waals surface area contributed by atoms with E-state index in [0.29, 0.717) is 12.4 Å². The van der Waals surface area contributed by atoms with E-state index in [2.05, 4.69) is 5.32 Å². The molecule has 1 fully saturated rings. The molecule has 1 aromatic carbocycles. The van der Waals surface area contributed by atoms with Gasteiger partial charge in [-0.25, -0.2) is 0 Å². The molecule has 7 nitrogen and oxygen atoms in total. The van der Waals surface area contributed by atoms with E-state index >= 15 is 0 Å². The van der Waals surface area contributed by atoms with Gasteiger partial charge in [-0.15, -0.1) is 11.8 Å². The zero-order valence-electron chi connectivity index (χ0n) is 13.3. The van der Waals surface area contributed by atoms with Crippen molar-refractivity contribution in [3.05, 3.63) is 35.9 Å². The average molecular weight is 371 g/mol. The van der Waals surface area contributed by atoms with Gasteiger partial charge in [0.1, 0.15) is 0 Å². The Bertz CT molecular complexity index is 530. The highest BCUT2D eigenvalue weighted by atomic mass is 32.2. The number of hydrogen-bond acceptors (Lipinski definition) is 7. The van der Waals surface area contributed by atoms with Gasteiger partial charge >= 0.3 is 0 Å². The van der Waals surface area contributed by atoms with Gasteiger partial charge in [0, 0.05) is 28.4 Å². The van der Waals surface area contributed by atoms with E-state index in [1.807, 2.05) is 5.41 Å². The molecule has 0 aromatic heterocycles. The van der Waals surface area contributed by atoms with Crippen LogP contribution < -0.4 is 27.8 Å². The summed E-state index contributed by atoms with van der Waals surface area (Å²) in [6, 6.07) is 6.81. The van der Waals surface area contributed by atoms with E-state index in [1.54, 1.807) is 35.8 Å². The van der Waals surface area contributed by atoms with Crippen LogP contribution in [0.15, 0.2) is 35.9 Å². The molecule has 1 amide bonds. The summed E-state index contributed by atoms with van der Waals surface area (Å²) in [7, 11) is 0. The van der Waals surface area contributed by atoms with Crippen molar-refractivity contribution in [2.45, 2.75) is 12.5 Å². The maximum Gasteiger partial charge on any atom is 0.276 e. The highest BCUT2D eigenvalue weighted by Gasteiger charge is 2.26. The summed E-state index contributed by atoms with van der Waals surface area (Å²) in [5, 5.41) is 6.38. The Balaban J connectivity index is 0.000000300. The van der Waals surface area contributed by atoms with Crippen LogP contribution in [0.5, 0.6) is 0 Å². The summed E-state index contributed by atoms with van der Waals surface area (Å²) in [4.78, 5) is 22.6. The van der Waals surface area contributed by atoms with Crippen molar-refractivity contribution < 1.29 is 14.9 Å². The lowest BCUT2D eigenvalue weighted by atomic mass is 10.2. The molecular formula is C15H24N5O2S2+. The predicted molar refractivity (Wildman–Crippen MR) is 102 cm³/mol. The molecule has 24 heavy (non-hydrogen) atoms. The summed E-state index contributed by atoms with van der Waals surface area (Å²) in [6.07, 6.45) is 2.54. The highest BCUT2D eigenvalue weighted by Crippen LogP contribution is 2.18. The number of carbonyl (C=O) groups is 2. The summed E-state index contributed by atoms with van der Waals surface area (Å²) in [6.45, 7) is 0.302. The van der Waals surface area contributed by atoms with Crippen LogP contribution >= 0.6 is 23.5 Å². The van der Waals surface area contributed by atoms with Gasteiger partial charge in [0.25, 0.3) is 5.91 Å². The topological polar surface area (TPSA) is 141 Å². The third kappa shape index (κ3) is 8.82. The second kappa shape index (κ2) is 11.8. The largest absolute Gasteiger partial charge is 0.399 e. The third-order valence-electron chi connectivity index (χ3n) is 2.92. The lowest BCUT2D eigenvalue weighted by Crippen LogP contribution is -2.81. The average Bonchev–Trinajstić information content (AvgIpc) is 2.96. The first kappa shape index (κ1) is 20.4. The molecule has 0 bridgehead atoms. The van der Waals surface area contributed by atoms with E-state index in [0.717, 1.165) is 23.5 Å². The molecule has 0 aliphatic carbocycles. The second-order valence-corrected chi connectivity index (χ2v) is 6.88. The lowest BCUT2D eigenvalue weighted by Gasteiger charge is -2.07. The number of amides is 1. The maximum absolute atomic E-state index is 11.4. The fourth-order valence-electron chi connectivity index (χ4n) is 1.72. The quantitative estimate of drug-likeness (QED) is 0.341. The molecule has 1 unspecified atom stereocenters. The first-order chi connectivity index (χ1) is 11.5. The fraction of sp³-hybridized carbons (Fsp3) is 0.333. The Morgan fingerprint density at radius 1 is 1.33 bits per heavy atom. The van der Waals surface area contributed by atoms with Crippen molar-refractivity contribution >= 4 is 45.9 Å². The molecule has 1 aliphatic rings.